The lowest BCUT2D eigenvalue weighted by Gasteiger charge is -2.38. The average Bonchev–Trinajstić information content (AvgIpc) is 1.55. The smallest absolute Gasteiger partial charge is 0.333 e. The third-order valence-corrected chi connectivity index (χ3v) is 28.8. The molecule has 3 aromatic rings. The van der Waals surface area contributed by atoms with E-state index in [0.717, 1.165) is 117 Å². The largest absolute Gasteiger partial charge is 0.490 e. The first-order chi connectivity index (χ1) is 70.2. The van der Waals surface area contributed by atoms with E-state index < -0.39 is 5.97 Å². The van der Waals surface area contributed by atoms with Gasteiger partial charge >= 0.3 is 71.6 Å². The van der Waals surface area contributed by atoms with E-state index in [4.69, 9.17) is 42.6 Å². The molecule has 0 amide bonds. The van der Waals surface area contributed by atoms with Crippen LogP contribution < -0.4 is 4.74 Å². The molecule has 0 N–H and O–H groups in total. The monoisotopic (exact) mass is 2040 g/mol. The highest BCUT2D eigenvalue weighted by molar-refractivity contribution is 5.89. The number of carbonyl (C=O) groups excluding carboxylic acids is 12. The SMILES string of the molecule is C1CC2C3CCC(C3)C2C1.C1CC2C3CCC(C3)C2C1.C1CC2C3CCC(C3)C2C1.C=C(C)C(=O)OC.C=C(C)C(=O)OC1CC2CCC1(C)C2(C)C.C=C(C)C(=O)OCCCCCCOC(=O)C(=C)C.C=C(C)C(=O)OCc1ccccc1.C=CC(=O)OCC.C=CC(=O)OCC.C=CC(=O)OCC.C=CC(=O)OCCCCCCOC(=O)C=C.C=CC(=O)OCCOc1ccccc1.C=CC(=O)OCc1ccccc1. The standard InChI is InChI=1S/C14H22O4.C14H22O2.C12H18O4.C11H12O3.C11H12O2.C10H10O2.3C10H16.4C5H8O2/c1-11(2)13(15)17-9-7-5-6-8-10-18-14(16)12(3)4;1-9(2)12(15)16-11-8-10-6-7-14(11,5)13(10,3)4;1-3-11(13)15-9-7-5-6-8-10-16-12(14)4-2;1-2-11(12)14-9-8-13-10-6-4-3-5-7-10;1-9(2)11(12)13-8-10-6-4-3-5-7-10;1-2-10(11)12-8-9-6-4-3-5-7-9;3*1-2-9-7-4-5-8(6-7)10(9)3-1;1-4(2)5(6)7-3;3*1-3-5(6)7-4-2/h1,3,5-10H2,2,4H3;10-11H,1,6-8H2,2-5H3;3-4H,1-2,5-10H2;2-7H,1,8-9H2;3-7H,1,8H2,2H3;2-7H,1,8H2;3*7-10H,1-6H2;1H2,2-3H3;3*3H,1,4H2,2H3. The fourth-order valence-electron chi connectivity index (χ4n) is 21.0. The van der Waals surface area contributed by atoms with Crippen molar-refractivity contribution < 1.29 is 119 Å². The Balaban J connectivity index is 0.000000543. The number of ether oxygens (including phenoxy) is 13. The Bertz CT molecular complexity index is 4350. The van der Waals surface area contributed by atoms with E-state index in [1.54, 1.807) is 171 Å². The molecule has 0 spiro atoms. The summed E-state index contributed by atoms with van der Waals surface area (Å²) < 4.78 is 62.5. The van der Waals surface area contributed by atoms with Crippen molar-refractivity contribution in [3.8, 4) is 5.75 Å². The fraction of sp³-hybridized carbons (Fsp3) is 0.557. The molecule has 15 atom stereocenters. The van der Waals surface area contributed by atoms with Gasteiger partial charge < -0.3 is 61.6 Å². The lowest BCUT2D eigenvalue weighted by atomic mass is 9.70. The minimum Gasteiger partial charge on any atom is -0.490 e. The number of methoxy groups -OCH3 is 1. The molecule has 0 aromatic heterocycles. The maximum Gasteiger partial charge on any atom is 0.333 e. The van der Waals surface area contributed by atoms with E-state index >= 15 is 0 Å². The van der Waals surface area contributed by atoms with Crippen molar-refractivity contribution in [3.63, 3.8) is 0 Å². The molecule has 3 aromatic carbocycles. The van der Waals surface area contributed by atoms with Crippen molar-refractivity contribution in [3.05, 3.63) is 251 Å². The highest BCUT2D eigenvalue weighted by Gasteiger charge is 2.63. The van der Waals surface area contributed by atoms with Crippen LogP contribution in [0.4, 0.5) is 0 Å². The number of fused-ring (bicyclic) bond motifs is 17. The number of benzene rings is 3. The molecule has 11 aliphatic rings. The quantitative estimate of drug-likeness (QED) is 0.0223. The Labute approximate surface area is 879 Å². The van der Waals surface area contributed by atoms with Gasteiger partial charge in [-0.05, 0) is 328 Å². The van der Waals surface area contributed by atoms with Gasteiger partial charge in [0.2, 0.25) is 0 Å². The van der Waals surface area contributed by atoms with Crippen LogP contribution in [0.2, 0.25) is 0 Å². The Kier molecular flexibility index (Phi) is 67.4. The van der Waals surface area contributed by atoms with Crippen LogP contribution in [0.25, 0.3) is 0 Å². The molecule has 25 nitrogen and oxygen atoms in total. The number of carbonyl (C=O) groups is 12. The van der Waals surface area contributed by atoms with E-state index in [-0.39, 0.29) is 83.8 Å². The van der Waals surface area contributed by atoms with Gasteiger partial charge in [-0.15, -0.1) is 0 Å². The molecule has 814 valence electrons. The Hall–Kier alpha value is -12.0. The summed E-state index contributed by atoms with van der Waals surface area (Å²) in [5, 5.41) is 0. The van der Waals surface area contributed by atoms with Crippen molar-refractivity contribution >= 4 is 71.6 Å². The molecule has 11 saturated carbocycles. The van der Waals surface area contributed by atoms with Crippen LogP contribution in [0, 0.1) is 87.8 Å². The van der Waals surface area contributed by atoms with Crippen molar-refractivity contribution in [2.45, 2.75) is 282 Å². The predicted molar refractivity (Wildman–Crippen MR) is 578 cm³/mol. The summed E-state index contributed by atoms with van der Waals surface area (Å²) in [6.07, 6.45) is 47.2. The van der Waals surface area contributed by atoms with Gasteiger partial charge in [-0.25, -0.2) is 57.5 Å². The normalized spacial score (nSPS) is 22.1. The fourth-order valence-corrected chi connectivity index (χ4v) is 21.0. The van der Waals surface area contributed by atoms with Crippen molar-refractivity contribution in [1.29, 1.82) is 0 Å². The van der Waals surface area contributed by atoms with Gasteiger partial charge in [0.05, 0.1) is 53.4 Å². The van der Waals surface area contributed by atoms with Gasteiger partial charge in [0.1, 0.15) is 38.3 Å². The summed E-state index contributed by atoms with van der Waals surface area (Å²) in [5.74, 6) is 11.6. The molecule has 0 aliphatic heterocycles. The summed E-state index contributed by atoms with van der Waals surface area (Å²) in [4.78, 5) is 128. The van der Waals surface area contributed by atoms with Gasteiger partial charge in [-0.3, -0.25) is 0 Å². The van der Waals surface area contributed by atoms with Crippen LogP contribution in [0.1, 0.15) is 273 Å². The maximum atomic E-state index is 11.6. The summed E-state index contributed by atoms with van der Waals surface area (Å²) in [6, 6.07) is 28.4. The first-order valence-electron chi connectivity index (χ1n) is 52.6. The Morgan fingerprint density at radius 1 is 0.306 bits per heavy atom. The van der Waals surface area contributed by atoms with Crippen molar-refractivity contribution in [2.24, 2.45) is 87.8 Å². The minimum atomic E-state index is -0.429. The highest BCUT2D eigenvalue weighted by Crippen LogP contribution is 2.67. The second kappa shape index (κ2) is 75.6. The number of rotatable bonds is 38. The van der Waals surface area contributed by atoms with Crippen LogP contribution in [0.5, 0.6) is 5.75 Å². The molecular formula is C122H176O25. The van der Waals surface area contributed by atoms with Crippen molar-refractivity contribution in [2.75, 3.05) is 66.6 Å². The molecule has 0 radical (unpaired) electrons. The van der Waals surface area contributed by atoms with Crippen LogP contribution in [-0.4, -0.2) is 144 Å². The van der Waals surface area contributed by atoms with E-state index in [1.807, 2.05) is 91.0 Å². The summed E-state index contributed by atoms with van der Waals surface area (Å²) in [5.41, 5.74) is 4.62. The Morgan fingerprint density at radius 3 is 0.837 bits per heavy atom. The second-order valence-electron chi connectivity index (χ2n) is 39.3. The summed E-state index contributed by atoms with van der Waals surface area (Å²) >= 11 is 0. The molecule has 15 unspecified atom stereocenters. The van der Waals surface area contributed by atoms with Gasteiger partial charge in [0.25, 0.3) is 0 Å². The zero-order chi connectivity index (χ0) is 110. The van der Waals surface area contributed by atoms with Crippen LogP contribution in [0.15, 0.2) is 240 Å². The van der Waals surface area contributed by atoms with Crippen molar-refractivity contribution in [1.82, 2.24) is 0 Å². The number of hydrogen-bond acceptors (Lipinski definition) is 25. The first kappa shape index (κ1) is 131. The number of esters is 12. The maximum absolute atomic E-state index is 11.6. The summed E-state index contributed by atoms with van der Waals surface area (Å²) in [7, 11) is 1.33. The van der Waals surface area contributed by atoms with E-state index in [0.29, 0.717) is 105 Å². The number of para-hydroxylation sites is 1. The molecule has 8 bridgehead atoms. The van der Waals surface area contributed by atoms with Crippen LogP contribution >= 0.6 is 0 Å². The third-order valence-electron chi connectivity index (χ3n) is 28.8. The third kappa shape index (κ3) is 51.9. The molecule has 14 rings (SSSR count). The topological polar surface area (TPSA) is 325 Å². The number of hydrogen-bond donors (Lipinski definition) is 0. The van der Waals surface area contributed by atoms with E-state index in [1.165, 1.54) is 91.0 Å². The lowest BCUT2D eigenvalue weighted by Crippen LogP contribution is -2.38. The second-order valence-corrected chi connectivity index (χ2v) is 39.3. The minimum absolute atomic E-state index is 0.0884. The van der Waals surface area contributed by atoms with Gasteiger partial charge in [0.15, 0.2) is 0 Å². The lowest BCUT2D eigenvalue weighted by molar-refractivity contribution is -0.152. The average molecular weight is 2040 g/mol. The molecule has 11 aliphatic carbocycles. The summed E-state index contributed by atoms with van der Waals surface area (Å²) in [6.45, 7) is 64.7. The first-order valence-corrected chi connectivity index (χ1v) is 52.6. The highest BCUT2D eigenvalue weighted by atomic mass is 16.6. The molecule has 0 saturated heterocycles. The van der Waals surface area contributed by atoms with Gasteiger partial charge in [-0.2, -0.15) is 0 Å². The zero-order valence-corrected chi connectivity index (χ0v) is 90.8. The Morgan fingerprint density at radius 2 is 0.578 bits per heavy atom. The van der Waals surface area contributed by atoms with Gasteiger partial charge in [0, 0.05) is 75.8 Å². The van der Waals surface area contributed by atoms with E-state index in [9.17, 15) is 57.5 Å². The number of unbranched alkanes of at least 4 members (excludes halogenated alkanes) is 6. The molecule has 147 heavy (non-hydrogen) atoms. The molecule has 0 heterocycles. The van der Waals surface area contributed by atoms with Crippen LogP contribution in [-0.2, 0) is 128 Å². The van der Waals surface area contributed by atoms with Gasteiger partial charge in [-0.1, -0.05) is 198 Å². The molecular weight excluding hydrogens is 1870 g/mol. The molecule has 25 heteroatoms. The predicted octanol–water partition coefficient (Wildman–Crippen LogP) is 25.6. The zero-order valence-electron chi connectivity index (χ0n) is 90.8. The van der Waals surface area contributed by atoms with Crippen LogP contribution in [0.3, 0.4) is 0 Å². The molecule has 11 fully saturated rings. The van der Waals surface area contributed by atoms with E-state index in [2.05, 4.69) is 119 Å².